The number of carbonyl (C=O) groups excluding carboxylic acids is 1. The van der Waals surface area contributed by atoms with E-state index in [2.05, 4.69) is 20.8 Å². The number of rotatable bonds is 8. The topological polar surface area (TPSA) is 46.3 Å². The summed E-state index contributed by atoms with van der Waals surface area (Å²) in [6.45, 7) is 7.51. The van der Waals surface area contributed by atoms with Crippen LogP contribution in [0.1, 0.15) is 51.5 Å². The van der Waals surface area contributed by atoms with Gasteiger partial charge in [-0.15, -0.1) is 0 Å². The van der Waals surface area contributed by atoms with Crippen LogP contribution in [-0.2, 0) is 4.79 Å². The number of nitrogens with two attached hydrogens (primary N) is 1. The molecule has 0 aliphatic carbocycles. The summed E-state index contributed by atoms with van der Waals surface area (Å²) in [6, 6.07) is 10.4. The maximum Gasteiger partial charge on any atom is 0.230 e. The predicted octanol–water partition coefficient (Wildman–Crippen LogP) is 3.16. The summed E-state index contributed by atoms with van der Waals surface area (Å²) in [7, 11) is 0. The average molecular weight is 276 g/mol. The van der Waals surface area contributed by atoms with E-state index < -0.39 is 0 Å². The molecule has 1 atom stereocenters. The number of nitrogens with zero attached hydrogens (tertiary/aromatic N) is 1. The van der Waals surface area contributed by atoms with E-state index in [1.54, 1.807) is 0 Å². The maximum atomic E-state index is 12.9. The Bertz CT molecular complexity index is 387. The van der Waals surface area contributed by atoms with Crippen molar-refractivity contribution >= 4 is 5.91 Å². The normalized spacial score (nSPS) is 12.4. The van der Waals surface area contributed by atoms with Crippen molar-refractivity contribution in [2.24, 2.45) is 5.73 Å². The van der Waals surface area contributed by atoms with Gasteiger partial charge < -0.3 is 10.6 Å². The van der Waals surface area contributed by atoms with Crippen molar-refractivity contribution in [1.82, 2.24) is 4.90 Å². The number of carbonyl (C=O) groups is 1. The Balaban J connectivity index is 2.96. The van der Waals surface area contributed by atoms with Crippen molar-refractivity contribution in [3.05, 3.63) is 35.9 Å². The van der Waals surface area contributed by atoms with Gasteiger partial charge in [-0.25, -0.2) is 0 Å². The Hall–Kier alpha value is -1.35. The zero-order valence-electron chi connectivity index (χ0n) is 13.0. The molecular formula is C17H28N2O. The fraction of sp³-hybridized carbons (Fsp3) is 0.588. The lowest BCUT2D eigenvalue weighted by Crippen LogP contribution is -2.45. The van der Waals surface area contributed by atoms with E-state index in [0.717, 1.165) is 24.8 Å². The highest BCUT2D eigenvalue weighted by molar-refractivity contribution is 5.84. The monoisotopic (exact) mass is 276 g/mol. The van der Waals surface area contributed by atoms with E-state index in [4.69, 9.17) is 5.73 Å². The summed E-state index contributed by atoms with van der Waals surface area (Å²) in [5.74, 6) is 0.168. The maximum absolute atomic E-state index is 12.9. The number of amides is 1. The van der Waals surface area contributed by atoms with Crippen molar-refractivity contribution < 1.29 is 4.79 Å². The van der Waals surface area contributed by atoms with Gasteiger partial charge in [0, 0.05) is 19.1 Å². The van der Waals surface area contributed by atoms with Gasteiger partial charge in [0.15, 0.2) is 0 Å². The highest BCUT2D eigenvalue weighted by atomic mass is 16.2. The average Bonchev–Trinajstić information content (AvgIpc) is 2.49. The SMILES string of the molecule is CCC(C(=O)N(CCN)C(CC)CC)c1ccccc1. The molecule has 1 unspecified atom stereocenters. The zero-order valence-corrected chi connectivity index (χ0v) is 13.0. The molecule has 20 heavy (non-hydrogen) atoms. The summed E-state index contributed by atoms with van der Waals surface area (Å²) < 4.78 is 0. The third kappa shape index (κ3) is 4.07. The molecule has 1 amide bonds. The Morgan fingerprint density at radius 2 is 1.70 bits per heavy atom. The first-order chi connectivity index (χ1) is 9.69. The van der Waals surface area contributed by atoms with Crippen LogP contribution in [0.3, 0.4) is 0 Å². The minimum absolute atomic E-state index is 0.0525. The highest BCUT2D eigenvalue weighted by Crippen LogP contribution is 2.24. The molecule has 112 valence electrons. The number of hydrogen-bond donors (Lipinski definition) is 1. The van der Waals surface area contributed by atoms with E-state index >= 15 is 0 Å². The van der Waals surface area contributed by atoms with Crippen molar-refractivity contribution in [1.29, 1.82) is 0 Å². The van der Waals surface area contributed by atoms with Crippen LogP contribution in [0.4, 0.5) is 0 Å². The Morgan fingerprint density at radius 1 is 1.10 bits per heavy atom. The van der Waals surface area contributed by atoms with E-state index in [-0.39, 0.29) is 11.8 Å². The first-order valence-electron chi connectivity index (χ1n) is 7.74. The third-order valence-electron chi connectivity index (χ3n) is 3.94. The van der Waals surface area contributed by atoms with Crippen molar-refractivity contribution in [2.45, 2.75) is 52.0 Å². The Morgan fingerprint density at radius 3 is 2.15 bits per heavy atom. The van der Waals surface area contributed by atoms with Crippen LogP contribution in [0, 0.1) is 0 Å². The Kier molecular flexibility index (Phi) is 7.31. The number of hydrogen-bond acceptors (Lipinski definition) is 2. The molecule has 0 aliphatic rings. The molecular weight excluding hydrogens is 248 g/mol. The second-order valence-corrected chi connectivity index (χ2v) is 5.16. The fourth-order valence-electron chi connectivity index (χ4n) is 2.78. The number of benzene rings is 1. The minimum atomic E-state index is -0.0525. The van der Waals surface area contributed by atoms with Crippen LogP contribution in [0.2, 0.25) is 0 Å². The van der Waals surface area contributed by atoms with Gasteiger partial charge in [-0.1, -0.05) is 51.1 Å². The smallest absolute Gasteiger partial charge is 0.230 e. The van der Waals surface area contributed by atoms with E-state index in [1.165, 1.54) is 0 Å². The first-order valence-corrected chi connectivity index (χ1v) is 7.74. The molecule has 0 bridgehead atoms. The predicted molar refractivity (Wildman–Crippen MR) is 84.6 cm³/mol. The van der Waals surface area contributed by atoms with Crippen LogP contribution in [0.5, 0.6) is 0 Å². The lowest BCUT2D eigenvalue weighted by Gasteiger charge is -2.33. The van der Waals surface area contributed by atoms with Crippen LogP contribution >= 0.6 is 0 Å². The van der Waals surface area contributed by atoms with Crippen molar-refractivity contribution in [2.75, 3.05) is 13.1 Å². The van der Waals surface area contributed by atoms with Gasteiger partial charge in [-0.2, -0.15) is 0 Å². The van der Waals surface area contributed by atoms with E-state index in [0.29, 0.717) is 19.1 Å². The summed E-state index contributed by atoms with van der Waals surface area (Å²) in [5.41, 5.74) is 6.81. The van der Waals surface area contributed by atoms with Gasteiger partial charge in [-0.05, 0) is 24.8 Å². The molecule has 3 heteroatoms. The molecule has 1 aromatic carbocycles. The zero-order chi connectivity index (χ0) is 15.0. The summed E-state index contributed by atoms with van der Waals surface area (Å²) >= 11 is 0. The van der Waals surface area contributed by atoms with Crippen molar-refractivity contribution in [3.63, 3.8) is 0 Å². The molecule has 0 saturated carbocycles. The van der Waals surface area contributed by atoms with E-state index in [1.807, 2.05) is 35.2 Å². The summed E-state index contributed by atoms with van der Waals surface area (Å²) in [6.07, 6.45) is 2.78. The molecule has 1 aromatic rings. The van der Waals surface area contributed by atoms with Gasteiger partial charge in [0.1, 0.15) is 0 Å². The molecule has 1 rings (SSSR count). The van der Waals surface area contributed by atoms with Gasteiger partial charge in [0.2, 0.25) is 5.91 Å². The molecule has 0 saturated heterocycles. The molecule has 0 spiro atoms. The fourth-order valence-corrected chi connectivity index (χ4v) is 2.78. The van der Waals surface area contributed by atoms with E-state index in [9.17, 15) is 4.79 Å². The summed E-state index contributed by atoms with van der Waals surface area (Å²) in [4.78, 5) is 14.9. The lowest BCUT2D eigenvalue weighted by molar-refractivity contribution is -0.135. The van der Waals surface area contributed by atoms with Gasteiger partial charge in [-0.3, -0.25) is 4.79 Å². The molecule has 0 radical (unpaired) electrons. The molecule has 3 nitrogen and oxygen atoms in total. The third-order valence-corrected chi connectivity index (χ3v) is 3.94. The molecule has 0 heterocycles. The minimum Gasteiger partial charge on any atom is -0.338 e. The molecule has 2 N–H and O–H groups in total. The summed E-state index contributed by atoms with van der Waals surface area (Å²) in [5, 5.41) is 0. The van der Waals surface area contributed by atoms with Gasteiger partial charge in [0.05, 0.1) is 5.92 Å². The van der Waals surface area contributed by atoms with Gasteiger partial charge >= 0.3 is 0 Å². The van der Waals surface area contributed by atoms with Crippen LogP contribution in [0.25, 0.3) is 0 Å². The molecule has 0 fully saturated rings. The highest BCUT2D eigenvalue weighted by Gasteiger charge is 2.27. The molecule has 0 aliphatic heterocycles. The first kappa shape index (κ1) is 16.7. The second kappa shape index (κ2) is 8.75. The Labute approximate surface area is 123 Å². The lowest BCUT2D eigenvalue weighted by atomic mass is 9.94. The quantitative estimate of drug-likeness (QED) is 0.793. The van der Waals surface area contributed by atoms with Crippen LogP contribution < -0.4 is 5.73 Å². The second-order valence-electron chi connectivity index (χ2n) is 5.16. The molecule has 0 aromatic heterocycles. The largest absolute Gasteiger partial charge is 0.338 e. The standard InChI is InChI=1S/C17H28N2O/c1-4-15(5-2)19(13-12-18)17(20)16(6-3)14-10-8-7-9-11-14/h7-11,15-16H,4-6,12-13,18H2,1-3H3. The van der Waals surface area contributed by atoms with Crippen LogP contribution in [-0.4, -0.2) is 29.9 Å². The van der Waals surface area contributed by atoms with Crippen molar-refractivity contribution in [3.8, 4) is 0 Å². The van der Waals surface area contributed by atoms with Crippen LogP contribution in [0.15, 0.2) is 30.3 Å². The van der Waals surface area contributed by atoms with Gasteiger partial charge in [0.25, 0.3) is 0 Å².